The smallest absolute Gasteiger partial charge is 0.144 e. The highest BCUT2D eigenvalue weighted by Gasteiger charge is 2.25. The van der Waals surface area contributed by atoms with Gasteiger partial charge in [-0.25, -0.2) is 8.78 Å². The van der Waals surface area contributed by atoms with Gasteiger partial charge in [-0.2, -0.15) is 5.26 Å². The molecular formula is C23H25F2N. The van der Waals surface area contributed by atoms with Gasteiger partial charge >= 0.3 is 0 Å². The quantitative estimate of drug-likeness (QED) is 0.592. The van der Waals surface area contributed by atoms with E-state index < -0.39 is 17.2 Å². The summed E-state index contributed by atoms with van der Waals surface area (Å²) in [4.78, 5) is 0. The van der Waals surface area contributed by atoms with Crippen LogP contribution in [0.2, 0.25) is 0 Å². The molecule has 0 amide bonds. The molecule has 1 aliphatic rings. The molecule has 3 heteroatoms. The van der Waals surface area contributed by atoms with Crippen LogP contribution in [0, 0.1) is 23.0 Å². The van der Waals surface area contributed by atoms with Gasteiger partial charge in [-0.1, -0.05) is 37.6 Å². The van der Waals surface area contributed by atoms with Crippen molar-refractivity contribution >= 4 is 0 Å². The van der Waals surface area contributed by atoms with Crippen LogP contribution in [-0.4, -0.2) is 0 Å². The topological polar surface area (TPSA) is 23.8 Å². The first kappa shape index (κ1) is 18.6. The van der Waals surface area contributed by atoms with Crippen molar-refractivity contribution in [2.75, 3.05) is 0 Å². The minimum absolute atomic E-state index is 0.173. The fourth-order valence-corrected chi connectivity index (χ4v) is 4.03. The first-order valence-electron chi connectivity index (χ1n) is 9.60. The second-order valence-electron chi connectivity index (χ2n) is 7.37. The predicted octanol–water partition coefficient (Wildman–Crippen LogP) is 6.62. The van der Waals surface area contributed by atoms with Gasteiger partial charge in [0, 0.05) is 0 Å². The van der Waals surface area contributed by atoms with E-state index in [2.05, 4.69) is 31.2 Å². The monoisotopic (exact) mass is 353 g/mol. The molecule has 0 N–H and O–H groups in total. The van der Waals surface area contributed by atoms with Crippen LogP contribution in [0.1, 0.15) is 79.5 Å². The summed E-state index contributed by atoms with van der Waals surface area (Å²) in [5.74, 6) is -0.786. The molecule has 136 valence electrons. The number of nitriles is 1. The lowest BCUT2D eigenvalue weighted by molar-refractivity contribution is 0.394. The van der Waals surface area contributed by atoms with E-state index in [1.165, 1.54) is 36.1 Å². The summed E-state index contributed by atoms with van der Waals surface area (Å²) in [5, 5.41) is 8.80. The van der Waals surface area contributed by atoms with E-state index in [1.54, 1.807) is 6.07 Å². The lowest BCUT2D eigenvalue weighted by Gasteiger charge is -2.29. The van der Waals surface area contributed by atoms with Crippen LogP contribution in [0.15, 0.2) is 36.4 Å². The van der Waals surface area contributed by atoms with E-state index in [-0.39, 0.29) is 5.92 Å². The van der Waals surface area contributed by atoms with Crippen molar-refractivity contribution in [2.45, 2.75) is 63.7 Å². The highest BCUT2D eigenvalue weighted by Crippen LogP contribution is 2.41. The first-order chi connectivity index (χ1) is 12.6. The second-order valence-corrected chi connectivity index (χ2v) is 7.37. The largest absolute Gasteiger partial charge is 0.205 e. The van der Waals surface area contributed by atoms with Gasteiger partial charge in [-0.15, -0.1) is 0 Å². The molecule has 2 aromatic carbocycles. The predicted molar refractivity (Wildman–Crippen MR) is 100 cm³/mol. The minimum Gasteiger partial charge on any atom is -0.205 e. The summed E-state index contributed by atoms with van der Waals surface area (Å²) >= 11 is 0. The van der Waals surface area contributed by atoms with Gasteiger partial charge in [-0.05, 0) is 79.2 Å². The Bertz CT molecular complexity index is 758. The van der Waals surface area contributed by atoms with Crippen LogP contribution < -0.4 is 0 Å². The van der Waals surface area contributed by atoms with E-state index in [0.717, 1.165) is 32.1 Å². The van der Waals surface area contributed by atoms with Crippen molar-refractivity contribution in [3.63, 3.8) is 0 Å². The first-order valence-corrected chi connectivity index (χ1v) is 9.60. The third kappa shape index (κ3) is 4.12. The molecule has 0 bridgehead atoms. The fraction of sp³-hybridized carbons (Fsp3) is 0.435. The Morgan fingerprint density at radius 1 is 0.923 bits per heavy atom. The van der Waals surface area contributed by atoms with E-state index in [4.69, 9.17) is 5.26 Å². The Morgan fingerprint density at radius 2 is 1.46 bits per heavy atom. The average Bonchev–Trinajstić information content (AvgIpc) is 2.67. The van der Waals surface area contributed by atoms with E-state index in [0.29, 0.717) is 11.5 Å². The Hall–Kier alpha value is -2.21. The molecule has 0 atom stereocenters. The Balaban J connectivity index is 1.63. The zero-order valence-corrected chi connectivity index (χ0v) is 15.3. The van der Waals surface area contributed by atoms with Crippen LogP contribution in [-0.2, 0) is 6.42 Å². The van der Waals surface area contributed by atoms with E-state index in [9.17, 15) is 8.78 Å². The Labute approximate surface area is 154 Å². The molecule has 0 heterocycles. The molecular weight excluding hydrogens is 328 g/mol. The normalized spacial score (nSPS) is 19.9. The number of aryl methyl sites for hydroxylation is 1. The third-order valence-electron chi connectivity index (χ3n) is 5.64. The number of benzene rings is 2. The molecule has 2 aromatic rings. The van der Waals surface area contributed by atoms with Crippen LogP contribution in [0.5, 0.6) is 0 Å². The molecule has 26 heavy (non-hydrogen) atoms. The zero-order valence-electron chi connectivity index (χ0n) is 15.3. The van der Waals surface area contributed by atoms with Gasteiger partial charge in [0.1, 0.15) is 23.3 Å². The molecule has 0 aliphatic heterocycles. The van der Waals surface area contributed by atoms with E-state index in [1.807, 2.05) is 0 Å². The zero-order chi connectivity index (χ0) is 18.5. The van der Waals surface area contributed by atoms with Crippen molar-refractivity contribution in [1.82, 2.24) is 0 Å². The summed E-state index contributed by atoms with van der Waals surface area (Å²) in [6.45, 7) is 2.21. The molecule has 1 nitrogen and oxygen atoms in total. The molecule has 0 spiro atoms. The van der Waals surface area contributed by atoms with Gasteiger partial charge in [0.15, 0.2) is 0 Å². The number of unbranched alkanes of at least 4 members (excludes halogenated alkanes) is 1. The number of nitrogens with zero attached hydrogens (tertiary/aromatic N) is 1. The maximum Gasteiger partial charge on any atom is 0.144 e. The number of halogens is 2. The van der Waals surface area contributed by atoms with Gasteiger partial charge in [0.25, 0.3) is 0 Å². The minimum atomic E-state index is -0.743. The van der Waals surface area contributed by atoms with Crippen molar-refractivity contribution in [1.29, 1.82) is 5.26 Å². The molecule has 1 fully saturated rings. The average molecular weight is 353 g/mol. The summed E-state index contributed by atoms with van der Waals surface area (Å²) in [5.41, 5.74) is 2.98. The maximum absolute atomic E-state index is 13.9. The van der Waals surface area contributed by atoms with Crippen LogP contribution >= 0.6 is 0 Å². The molecule has 3 rings (SSSR count). The molecule has 1 aliphatic carbocycles. The molecule has 0 aromatic heterocycles. The Kier molecular flexibility index (Phi) is 6.04. The summed E-state index contributed by atoms with van der Waals surface area (Å²) in [6.07, 6.45) is 7.48. The summed E-state index contributed by atoms with van der Waals surface area (Å²) < 4.78 is 27.7. The number of hydrogen-bond donors (Lipinski definition) is 0. The lowest BCUT2D eigenvalue weighted by Crippen LogP contribution is -2.13. The van der Waals surface area contributed by atoms with Gasteiger partial charge in [0.2, 0.25) is 0 Å². The van der Waals surface area contributed by atoms with Gasteiger partial charge in [0.05, 0.1) is 0 Å². The van der Waals surface area contributed by atoms with Crippen LogP contribution in [0.25, 0.3) is 0 Å². The Morgan fingerprint density at radius 3 is 1.96 bits per heavy atom. The molecule has 0 radical (unpaired) electrons. The SMILES string of the molecule is CCCCc1ccc(C2CCC(c3cc(F)c(C#N)c(F)c3)CC2)cc1. The van der Waals surface area contributed by atoms with Crippen LogP contribution in [0.3, 0.4) is 0 Å². The van der Waals surface area contributed by atoms with Gasteiger partial charge < -0.3 is 0 Å². The maximum atomic E-state index is 13.9. The molecule has 0 unspecified atom stereocenters. The standard InChI is InChI=1S/C23H25F2N/c1-2-3-4-16-5-7-17(8-6-16)18-9-11-19(12-10-18)20-13-22(24)21(15-26)23(25)14-20/h5-8,13-14,18-19H,2-4,9-12H2,1H3. The van der Waals surface area contributed by atoms with Gasteiger partial charge in [-0.3, -0.25) is 0 Å². The number of hydrogen-bond acceptors (Lipinski definition) is 1. The van der Waals surface area contributed by atoms with Crippen molar-refractivity contribution in [3.05, 3.63) is 70.3 Å². The molecule has 0 saturated heterocycles. The fourth-order valence-electron chi connectivity index (χ4n) is 4.03. The van der Waals surface area contributed by atoms with E-state index >= 15 is 0 Å². The highest BCUT2D eigenvalue weighted by molar-refractivity contribution is 5.37. The highest BCUT2D eigenvalue weighted by atomic mass is 19.1. The van der Waals surface area contributed by atoms with Crippen molar-refractivity contribution in [2.24, 2.45) is 0 Å². The van der Waals surface area contributed by atoms with Crippen molar-refractivity contribution in [3.8, 4) is 6.07 Å². The van der Waals surface area contributed by atoms with Crippen molar-refractivity contribution < 1.29 is 8.78 Å². The second kappa shape index (κ2) is 8.45. The summed E-state index contributed by atoms with van der Waals surface area (Å²) in [6, 6.07) is 13.2. The van der Waals surface area contributed by atoms with Crippen LogP contribution in [0.4, 0.5) is 8.78 Å². The third-order valence-corrected chi connectivity index (χ3v) is 5.64. The lowest BCUT2D eigenvalue weighted by atomic mass is 9.76. The number of rotatable bonds is 5. The summed E-state index contributed by atoms with van der Waals surface area (Å²) in [7, 11) is 0. The molecule has 1 saturated carbocycles.